The molecule has 0 fully saturated rings. The van der Waals surface area contributed by atoms with Gasteiger partial charge >= 0.3 is 11.3 Å². The molecule has 10 heteroatoms. The van der Waals surface area contributed by atoms with E-state index in [-0.39, 0.29) is 0 Å². The van der Waals surface area contributed by atoms with Crippen molar-refractivity contribution < 1.29 is 8.83 Å². The third-order valence-corrected chi connectivity index (χ3v) is 7.51. The van der Waals surface area contributed by atoms with Crippen LogP contribution in [-0.4, -0.2) is 9.97 Å². The summed E-state index contributed by atoms with van der Waals surface area (Å²) >= 11 is 15.0. The molecule has 0 unspecified atom stereocenters. The number of aromatic nitrogens is 2. The molecule has 6 nitrogen and oxygen atoms in total. The van der Waals surface area contributed by atoms with Gasteiger partial charge in [-0.3, -0.25) is 0 Å². The fourth-order valence-corrected chi connectivity index (χ4v) is 5.76. The third-order valence-electron chi connectivity index (χ3n) is 5.35. The van der Waals surface area contributed by atoms with E-state index in [2.05, 4.69) is 9.97 Å². The molecule has 0 aliphatic heterocycles. The second-order valence-electron chi connectivity index (χ2n) is 7.69. The first-order valence-electron chi connectivity index (χ1n) is 10.3. The van der Waals surface area contributed by atoms with Crippen molar-refractivity contribution in [1.29, 1.82) is 0 Å². The molecule has 0 spiro atoms. The molecule has 0 radical (unpaired) electrons. The minimum Gasteiger partial charge on any atom is -0.422 e. The lowest BCUT2D eigenvalue weighted by molar-refractivity contribution is 0.563. The van der Waals surface area contributed by atoms with Crippen molar-refractivity contribution in [2.75, 3.05) is 0 Å². The van der Waals surface area contributed by atoms with Crippen molar-refractivity contribution in [1.82, 2.24) is 9.97 Å². The van der Waals surface area contributed by atoms with E-state index in [1.54, 1.807) is 48.5 Å². The van der Waals surface area contributed by atoms with E-state index in [1.807, 2.05) is 10.8 Å². The topological polar surface area (TPSA) is 86.2 Å². The Hall–Kier alpha value is -3.30. The quantitative estimate of drug-likeness (QED) is 0.223. The Balaban J connectivity index is 1.29. The number of hydrogen-bond donors (Lipinski definition) is 0. The van der Waals surface area contributed by atoms with Gasteiger partial charge in [0.2, 0.25) is 0 Å². The summed E-state index contributed by atoms with van der Waals surface area (Å²) in [4.78, 5) is 34.2. The average Bonchev–Trinajstić information content (AvgIpc) is 3.49. The molecule has 0 atom stereocenters. The molecule has 0 saturated carbocycles. The highest BCUT2D eigenvalue weighted by atomic mass is 35.5. The van der Waals surface area contributed by atoms with Crippen LogP contribution in [-0.2, 0) is 6.42 Å². The molecule has 0 bridgehead atoms. The molecule has 4 heterocycles. The van der Waals surface area contributed by atoms with Gasteiger partial charge in [0.05, 0.1) is 28.9 Å². The zero-order valence-electron chi connectivity index (χ0n) is 17.6. The van der Waals surface area contributed by atoms with E-state index in [9.17, 15) is 9.59 Å². The second-order valence-corrected chi connectivity index (χ2v) is 10.4. The molecule has 0 N–H and O–H groups in total. The number of rotatable bonds is 4. The first-order valence-corrected chi connectivity index (χ1v) is 12.8. The van der Waals surface area contributed by atoms with Crippen molar-refractivity contribution in [3.8, 4) is 22.5 Å². The summed E-state index contributed by atoms with van der Waals surface area (Å²) in [5.74, 6) is 0. The van der Waals surface area contributed by atoms with Gasteiger partial charge in [-0.2, -0.15) is 0 Å². The van der Waals surface area contributed by atoms with E-state index in [0.717, 1.165) is 20.8 Å². The molecular formula is C25H12Cl2N2O4S2. The van der Waals surface area contributed by atoms with Crippen LogP contribution in [0.3, 0.4) is 0 Å². The predicted molar refractivity (Wildman–Crippen MR) is 140 cm³/mol. The van der Waals surface area contributed by atoms with Crippen LogP contribution in [0.2, 0.25) is 10.0 Å². The van der Waals surface area contributed by atoms with Gasteiger partial charge in [0, 0.05) is 31.6 Å². The van der Waals surface area contributed by atoms with E-state index in [0.29, 0.717) is 50.1 Å². The molecule has 2 aromatic carbocycles. The summed E-state index contributed by atoms with van der Waals surface area (Å²) < 4.78 is 10.8. The van der Waals surface area contributed by atoms with Gasteiger partial charge in [-0.1, -0.05) is 23.2 Å². The number of nitrogens with zero attached hydrogens (tertiary/aromatic N) is 2. The number of fused-ring (bicyclic) bond motifs is 2. The Labute approximate surface area is 215 Å². The van der Waals surface area contributed by atoms with E-state index >= 15 is 0 Å². The third kappa shape index (κ3) is 4.30. The lowest BCUT2D eigenvalue weighted by Gasteiger charge is -2.00. The summed E-state index contributed by atoms with van der Waals surface area (Å²) in [6.45, 7) is 0. The largest absolute Gasteiger partial charge is 0.422 e. The normalized spacial score (nSPS) is 11.5. The number of benzene rings is 2. The second kappa shape index (κ2) is 8.73. The minimum absolute atomic E-state index is 0.370. The number of halogens is 2. The van der Waals surface area contributed by atoms with Crippen molar-refractivity contribution in [2.24, 2.45) is 0 Å². The first-order chi connectivity index (χ1) is 16.9. The lowest BCUT2D eigenvalue weighted by Crippen LogP contribution is -2.03. The Morgan fingerprint density at radius 2 is 1.14 bits per heavy atom. The van der Waals surface area contributed by atoms with Crippen LogP contribution in [0, 0.1) is 0 Å². The predicted octanol–water partition coefficient (Wildman–Crippen LogP) is 7.04. The standard InChI is InChI=1S/C25H12Cl2N2O4S2/c26-14-1-3-20-12(5-14)7-16(24(30)32-20)18-10-34-22(28-18)9-23-29-19(11-35-23)17-8-13-6-15(27)2-4-21(13)33-25(17)31/h1-8,10-11H,9H2. The molecule has 6 rings (SSSR count). The maximum absolute atomic E-state index is 12.5. The summed E-state index contributed by atoms with van der Waals surface area (Å²) in [6.07, 6.45) is 0.463. The Bertz CT molecular complexity index is 1730. The van der Waals surface area contributed by atoms with Crippen molar-refractivity contribution in [2.45, 2.75) is 6.42 Å². The summed E-state index contributed by atoms with van der Waals surface area (Å²) in [6, 6.07) is 13.6. The highest BCUT2D eigenvalue weighted by Gasteiger charge is 2.15. The molecule has 4 aromatic heterocycles. The number of thiazole rings is 2. The van der Waals surface area contributed by atoms with E-state index in [4.69, 9.17) is 32.0 Å². The van der Waals surface area contributed by atoms with Gasteiger partial charge in [0.25, 0.3) is 0 Å². The molecule has 35 heavy (non-hydrogen) atoms. The monoisotopic (exact) mass is 538 g/mol. The van der Waals surface area contributed by atoms with E-state index < -0.39 is 11.3 Å². The molecule has 0 amide bonds. The molecular weight excluding hydrogens is 527 g/mol. The van der Waals surface area contributed by atoms with Crippen molar-refractivity contribution in [3.63, 3.8) is 0 Å². The van der Waals surface area contributed by atoms with Crippen LogP contribution in [0.4, 0.5) is 0 Å². The van der Waals surface area contributed by atoms with Crippen LogP contribution in [0.25, 0.3) is 44.5 Å². The maximum Gasteiger partial charge on any atom is 0.345 e. The van der Waals surface area contributed by atoms with Crippen LogP contribution in [0.5, 0.6) is 0 Å². The van der Waals surface area contributed by atoms with Gasteiger partial charge in [0.1, 0.15) is 21.2 Å². The smallest absolute Gasteiger partial charge is 0.345 e. The van der Waals surface area contributed by atoms with Gasteiger partial charge < -0.3 is 8.83 Å². The van der Waals surface area contributed by atoms with Gasteiger partial charge in [0.15, 0.2) is 0 Å². The summed E-state index contributed by atoms with van der Waals surface area (Å²) in [5.41, 5.74) is 1.81. The van der Waals surface area contributed by atoms with Gasteiger partial charge in [-0.15, -0.1) is 22.7 Å². The van der Waals surface area contributed by atoms with Gasteiger partial charge in [-0.05, 0) is 48.5 Å². The maximum atomic E-state index is 12.5. The van der Waals surface area contributed by atoms with Crippen LogP contribution in [0.15, 0.2) is 77.7 Å². The summed E-state index contributed by atoms with van der Waals surface area (Å²) in [7, 11) is 0. The molecule has 0 aliphatic rings. The minimum atomic E-state index is -0.462. The average molecular weight is 539 g/mol. The van der Waals surface area contributed by atoms with Crippen molar-refractivity contribution in [3.05, 3.63) is 100 Å². The molecule has 172 valence electrons. The SMILES string of the molecule is O=c1oc2ccc(Cl)cc2cc1-c1csc(Cc2nc(-c3cc4cc(Cl)ccc4oc3=O)cs2)n1. The molecule has 0 aliphatic carbocycles. The fraction of sp³-hybridized carbons (Fsp3) is 0.0400. The Morgan fingerprint density at radius 1 is 0.686 bits per heavy atom. The molecule has 6 aromatic rings. The fourth-order valence-electron chi connectivity index (χ4n) is 3.71. The first kappa shape index (κ1) is 22.2. The molecule has 0 saturated heterocycles. The van der Waals surface area contributed by atoms with E-state index in [1.165, 1.54) is 22.7 Å². The number of hydrogen-bond acceptors (Lipinski definition) is 8. The zero-order valence-corrected chi connectivity index (χ0v) is 20.7. The van der Waals surface area contributed by atoms with Crippen LogP contribution in [0.1, 0.15) is 10.0 Å². The highest BCUT2D eigenvalue weighted by Crippen LogP contribution is 2.28. The van der Waals surface area contributed by atoms with Crippen molar-refractivity contribution >= 4 is 67.8 Å². The zero-order chi connectivity index (χ0) is 24.1. The van der Waals surface area contributed by atoms with Crippen LogP contribution >= 0.6 is 45.9 Å². The lowest BCUT2D eigenvalue weighted by atomic mass is 10.1. The Morgan fingerprint density at radius 3 is 1.60 bits per heavy atom. The van der Waals surface area contributed by atoms with Gasteiger partial charge in [-0.25, -0.2) is 19.6 Å². The highest BCUT2D eigenvalue weighted by molar-refractivity contribution is 7.11. The Kier molecular flexibility index (Phi) is 5.53. The van der Waals surface area contributed by atoms with Crippen LogP contribution < -0.4 is 11.3 Å². The summed E-state index contributed by atoms with van der Waals surface area (Å²) in [5, 5.41) is 7.75.